The number of Topliss-reactive ketones (excluding diaryl/α,β-unsaturated/α-hetero) is 8. The maximum atomic E-state index is 12.6. The molecule has 0 saturated heterocycles. The molecule has 2 aromatic carbocycles. The highest BCUT2D eigenvalue weighted by molar-refractivity contribution is 8.14. The SMILES string of the molecule is CC(C)C(CO)CC(=O)C1=C(C(=O)O)SCCS1.CC(C)[C@H](CO)CC(=O)C1=C(C(=O)O)SCCS1.CCC(CO)CC(=O)C1=C(C(=O)O)SCCS1.CC[C@H](CO)CC(=O)C1=C(C(=O)O)SCCS1.C[C@@H](O)CCC(=O)C1=C(C(=O)O)SCCS1.C[C@@H](c1ccccc1)[C@H](CO)CC(=O)C1=C(C(=O)O)SCCS1.C[C@H](O)CCC(=O)C1=C(C(=O)O)SCCS1.C[C@H](c1ccccc1)C(CO)CC(=O)C1=C(C(=O)O)SCCS1. The molecule has 0 aliphatic carbocycles. The largest absolute Gasteiger partial charge is 0.477 e. The molecule has 8 heterocycles. The van der Waals surface area contributed by atoms with Crippen LogP contribution in [-0.2, 0) is 76.7 Å². The van der Waals surface area contributed by atoms with E-state index in [1.165, 1.54) is 188 Å². The Kier molecular flexibility index (Phi) is 69.9. The van der Waals surface area contributed by atoms with Crippen LogP contribution in [0.15, 0.2) is 139 Å². The van der Waals surface area contributed by atoms with E-state index >= 15 is 0 Å². The summed E-state index contributed by atoms with van der Waals surface area (Å²) >= 11 is 20.3. The molecule has 8 aliphatic heterocycles. The fraction of sp³-hybridized carbons (Fsp3) is 0.560. The minimum atomic E-state index is -1.04. The van der Waals surface area contributed by atoms with E-state index in [9.17, 15) is 107 Å². The van der Waals surface area contributed by atoms with Crippen molar-refractivity contribution in [3.8, 4) is 0 Å². The molecule has 0 radical (unpaired) electrons. The summed E-state index contributed by atoms with van der Waals surface area (Å²) in [6.07, 6.45) is 2.75. The molecule has 48 heteroatoms. The number of aliphatic hydroxyl groups is 8. The van der Waals surface area contributed by atoms with Crippen molar-refractivity contribution in [3.05, 3.63) is 150 Å². The predicted molar refractivity (Wildman–Crippen MR) is 610 cm³/mol. The number of carboxylic acid groups (broad SMARTS) is 8. The molecule has 16 N–H and O–H groups in total. The van der Waals surface area contributed by atoms with Crippen LogP contribution >= 0.6 is 188 Å². The summed E-state index contributed by atoms with van der Waals surface area (Å²) in [6.45, 7) is 18.4. The van der Waals surface area contributed by atoms with Gasteiger partial charge in [0.1, 0.15) is 39.2 Å². The van der Waals surface area contributed by atoms with Gasteiger partial charge in [0.25, 0.3) is 0 Å². The minimum absolute atomic E-state index is 0.0280. The van der Waals surface area contributed by atoms with E-state index in [2.05, 4.69) is 0 Å². The highest BCUT2D eigenvalue weighted by atomic mass is 32.2. The van der Waals surface area contributed by atoms with Crippen LogP contribution in [0.2, 0.25) is 0 Å². The van der Waals surface area contributed by atoms with Gasteiger partial charge in [-0.05, 0) is 97.0 Å². The molecule has 10 rings (SSSR count). The van der Waals surface area contributed by atoms with E-state index in [4.69, 9.17) is 51.1 Å². The van der Waals surface area contributed by atoms with Crippen molar-refractivity contribution in [3.63, 3.8) is 0 Å². The van der Waals surface area contributed by atoms with Crippen LogP contribution < -0.4 is 0 Å². The number of benzene rings is 2. The van der Waals surface area contributed by atoms with Crippen molar-refractivity contribution in [2.45, 2.75) is 170 Å². The summed E-state index contributed by atoms with van der Waals surface area (Å²) < 4.78 is 0. The summed E-state index contributed by atoms with van der Waals surface area (Å²) in [5, 5.41) is 147. The molecule has 0 fully saturated rings. The van der Waals surface area contributed by atoms with Gasteiger partial charge in [0.05, 0.1) is 51.4 Å². The average Bonchev–Trinajstić information content (AvgIpc) is 0.812. The smallest absolute Gasteiger partial charge is 0.343 e. The first-order valence-corrected chi connectivity index (χ1v) is 63.2. The van der Waals surface area contributed by atoms with Crippen molar-refractivity contribution < 1.29 is 158 Å². The molecule has 824 valence electrons. The van der Waals surface area contributed by atoms with Crippen molar-refractivity contribution in [1.29, 1.82) is 0 Å². The van der Waals surface area contributed by atoms with Crippen molar-refractivity contribution in [2.24, 2.45) is 47.3 Å². The van der Waals surface area contributed by atoms with Gasteiger partial charge in [-0.15, -0.1) is 188 Å². The second-order valence-corrected chi connectivity index (χ2v) is 51.9. The minimum Gasteiger partial charge on any atom is -0.477 e. The Morgan fingerprint density at radius 1 is 0.230 bits per heavy atom. The van der Waals surface area contributed by atoms with Gasteiger partial charge in [-0.1, -0.05) is 129 Å². The maximum absolute atomic E-state index is 12.6. The molecule has 32 nitrogen and oxygen atoms in total. The molecule has 0 spiro atoms. The van der Waals surface area contributed by atoms with E-state index in [0.29, 0.717) is 63.6 Å². The van der Waals surface area contributed by atoms with E-state index in [-0.39, 0.29) is 236 Å². The van der Waals surface area contributed by atoms with Gasteiger partial charge in [-0.3, -0.25) is 38.4 Å². The normalized spacial score (nSPS) is 18.0. The lowest BCUT2D eigenvalue weighted by Gasteiger charge is -2.23. The summed E-state index contributed by atoms with van der Waals surface area (Å²) in [5.74, 6) is 1.87. The Balaban J connectivity index is 0.000000436. The molecule has 0 aromatic heterocycles. The second-order valence-electron chi connectivity index (χ2n) is 34.2. The number of thioether (sulfide) groups is 16. The number of hydrogen-bond donors (Lipinski definition) is 16. The fourth-order valence-electron chi connectivity index (χ4n) is 13.8. The van der Waals surface area contributed by atoms with E-state index in [1.54, 1.807) is 13.8 Å². The number of carbonyl (C=O) groups is 16. The summed E-state index contributed by atoms with van der Waals surface area (Å²) in [4.78, 5) is 189. The van der Waals surface area contributed by atoms with Crippen molar-refractivity contribution >= 4 is 282 Å². The third kappa shape index (κ3) is 49.0. The first-order valence-electron chi connectivity index (χ1n) is 47.5. The number of aliphatic hydroxyl groups excluding tert-OH is 8. The van der Waals surface area contributed by atoms with E-state index < -0.39 is 60.0 Å². The fourth-order valence-corrected chi connectivity index (χ4v) is 31.9. The molecule has 8 aliphatic rings. The van der Waals surface area contributed by atoms with Gasteiger partial charge < -0.3 is 81.7 Å². The number of aliphatic carboxylic acids is 8. The second kappa shape index (κ2) is 75.6. The molecule has 3 unspecified atom stereocenters. The topological polar surface area (TPSA) is 597 Å². The lowest BCUT2D eigenvalue weighted by molar-refractivity contribution is -0.133. The summed E-state index contributed by atoms with van der Waals surface area (Å²) in [7, 11) is 0. The Labute approximate surface area is 931 Å². The number of ketones is 8. The van der Waals surface area contributed by atoms with Gasteiger partial charge in [0.15, 0.2) is 46.3 Å². The zero-order valence-corrected chi connectivity index (χ0v) is 97.0. The molecular formula is C100H136O32S16. The molecular weight excluding hydrogens is 2230 g/mol. The number of allylic oxidation sites excluding steroid dienone is 8. The lowest BCUT2D eigenvalue weighted by Crippen LogP contribution is -2.21. The van der Waals surface area contributed by atoms with Gasteiger partial charge >= 0.3 is 47.8 Å². The van der Waals surface area contributed by atoms with Crippen LogP contribution in [0.4, 0.5) is 0 Å². The van der Waals surface area contributed by atoms with Crippen molar-refractivity contribution in [1.82, 2.24) is 0 Å². The van der Waals surface area contributed by atoms with Crippen LogP contribution in [-0.4, -0.2) is 320 Å². The molecule has 0 amide bonds. The Hall–Kier alpha value is -5.24. The lowest BCUT2D eigenvalue weighted by atomic mass is 9.84. The first-order chi connectivity index (χ1) is 70.2. The maximum Gasteiger partial charge on any atom is 0.343 e. The Bertz CT molecular complexity index is 4750. The zero-order valence-electron chi connectivity index (χ0n) is 84.0. The van der Waals surface area contributed by atoms with Crippen LogP contribution in [0.1, 0.15) is 169 Å². The molecule has 0 saturated carbocycles. The monoisotopic (exact) mass is 2360 g/mol. The number of hydrogen-bond acceptors (Lipinski definition) is 40. The third-order valence-corrected chi connectivity index (χ3v) is 43.5. The molecule has 2 aromatic rings. The number of carboxylic acids is 8. The van der Waals surface area contributed by atoms with Crippen LogP contribution in [0, 0.1) is 47.3 Å². The van der Waals surface area contributed by atoms with Gasteiger partial charge in [-0.25, -0.2) is 38.4 Å². The standard InChI is InChI=1S/2C17H20O4S2.2C12H18O4S2.2C11H16O4S2.2C10H14O4S2/c2*1-11(12-5-3-2-4-6-12)13(10-18)9-14(19)15-16(17(20)21)23-8-7-22-15;2*1-7(2)8(6-13)5-9(14)10-11(12(15)16)18-4-3-17-10;2*1-2-7(6-12)5-8(13)9-10(11(14)15)17-4-3-16-9;2*1-6(11)2-3-7(12)8-9(10(13)14)16-5-4-15-8/h2*2-6,11,13,18H,7-10H2,1H3,(H,20,21);2*7-8,13H,3-6H2,1-2H3,(H,15,16);2*7,12H,2-6H2,1H3,(H,14,15);2*6,11H,2-5H2,1H3,(H,13,14)/t11-,13?;11-,13-;8-;;7-;;2*6-/m100.0.10/s1. The van der Waals surface area contributed by atoms with Gasteiger partial charge in [-0.2, -0.15) is 0 Å². The van der Waals surface area contributed by atoms with Gasteiger partial charge in [0, 0.05) is 183 Å². The van der Waals surface area contributed by atoms with Crippen LogP contribution in [0.25, 0.3) is 0 Å². The number of rotatable bonds is 48. The zero-order chi connectivity index (χ0) is 111. The quantitative estimate of drug-likeness (QED) is 0.0293. The molecule has 10 atom stereocenters. The van der Waals surface area contributed by atoms with E-state index in [0.717, 1.165) is 105 Å². The summed E-state index contributed by atoms with van der Waals surface area (Å²) in [5.41, 5.74) is 2.13. The average molecular weight is 2360 g/mol. The number of carbonyl (C=O) groups excluding carboxylic acids is 8. The van der Waals surface area contributed by atoms with Crippen molar-refractivity contribution in [2.75, 3.05) is 132 Å². The first kappa shape index (κ1) is 137. The highest BCUT2D eigenvalue weighted by Gasteiger charge is 2.37. The van der Waals surface area contributed by atoms with E-state index in [1.807, 2.05) is 116 Å². The molecule has 148 heavy (non-hydrogen) atoms. The van der Waals surface area contributed by atoms with Crippen LogP contribution in [0.3, 0.4) is 0 Å². The highest BCUT2D eigenvalue weighted by Crippen LogP contribution is 2.45. The van der Waals surface area contributed by atoms with Gasteiger partial charge in [0.2, 0.25) is 0 Å². The third-order valence-electron chi connectivity index (χ3n) is 22.7. The summed E-state index contributed by atoms with van der Waals surface area (Å²) in [6, 6.07) is 19.5. The Morgan fingerprint density at radius 3 is 0.541 bits per heavy atom. The van der Waals surface area contributed by atoms with Crippen LogP contribution in [0.5, 0.6) is 0 Å². The molecule has 0 bridgehead atoms. The predicted octanol–water partition coefficient (Wildman–Crippen LogP) is 16.7. The Morgan fingerprint density at radius 2 is 0.392 bits per heavy atom.